The molecular weight excluding hydrogens is 877 g/mol. The third kappa shape index (κ3) is 58.4. The van der Waals surface area contributed by atoms with E-state index in [0.29, 0.717) is 19.3 Å². The van der Waals surface area contributed by atoms with Gasteiger partial charge in [0.15, 0.2) is 6.10 Å². The molecule has 0 amide bonds. The highest BCUT2D eigenvalue weighted by Gasteiger charge is 2.19. The Kier molecular flexibility index (Phi) is 58.2. The average Bonchev–Trinajstić information content (AvgIpc) is 3.37. The van der Waals surface area contributed by atoms with Crippen LogP contribution in [0.25, 0.3) is 0 Å². The lowest BCUT2D eigenvalue weighted by atomic mass is 10.0. The molecule has 1 atom stereocenters. The zero-order valence-corrected chi connectivity index (χ0v) is 47.8. The van der Waals surface area contributed by atoms with Crippen LogP contribution in [0.4, 0.5) is 0 Å². The standard InChI is InChI=1S/C65H120O6/c1-4-7-10-13-16-19-22-25-28-30-31-32-33-34-35-38-40-43-46-49-52-55-58-64(67)70-61-62(60-69-63(66)57-54-51-48-45-42-39-36-27-24-21-18-15-12-9-6-3)71-65(68)59-56-53-50-47-44-41-37-29-26-23-20-17-14-11-8-5-2/h20,23,27,29,36-37,62H,4-19,21-22,24-26,28,30-35,38-61H2,1-3H3/b23-20-,36-27-,37-29-. The predicted molar refractivity (Wildman–Crippen MR) is 307 cm³/mol. The van der Waals surface area contributed by atoms with Crippen LogP contribution < -0.4 is 0 Å². The van der Waals surface area contributed by atoms with Gasteiger partial charge in [-0.1, -0.05) is 282 Å². The highest BCUT2D eigenvalue weighted by molar-refractivity contribution is 5.71. The summed E-state index contributed by atoms with van der Waals surface area (Å²) in [6.07, 6.45) is 72.9. The summed E-state index contributed by atoms with van der Waals surface area (Å²) in [4.78, 5) is 38.3. The number of unbranched alkanes of at least 4 members (excludes halogenated alkanes) is 41. The second-order valence-electron chi connectivity index (χ2n) is 21.3. The minimum absolute atomic E-state index is 0.0766. The molecule has 6 heteroatoms. The highest BCUT2D eigenvalue weighted by atomic mass is 16.6. The van der Waals surface area contributed by atoms with Gasteiger partial charge in [0, 0.05) is 19.3 Å². The Hall–Kier alpha value is -2.37. The molecular formula is C65H120O6. The quantitative estimate of drug-likeness (QED) is 0.0261. The van der Waals surface area contributed by atoms with Gasteiger partial charge >= 0.3 is 17.9 Å². The van der Waals surface area contributed by atoms with Gasteiger partial charge in [-0.2, -0.15) is 0 Å². The number of esters is 3. The summed E-state index contributed by atoms with van der Waals surface area (Å²) < 4.78 is 16.9. The Bertz CT molecular complexity index is 1190. The maximum atomic E-state index is 12.9. The first kappa shape index (κ1) is 68.6. The molecule has 0 saturated carbocycles. The van der Waals surface area contributed by atoms with Crippen molar-refractivity contribution in [1.29, 1.82) is 0 Å². The first-order chi connectivity index (χ1) is 35.0. The normalized spacial score (nSPS) is 12.2. The maximum absolute atomic E-state index is 12.9. The van der Waals surface area contributed by atoms with E-state index >= 15 is 0 Å². The molecule has 6 nitrogen and oxygen atoms in total. The molecule has 0 rings (SSSR count). The number of carbonyl (C=O) groups is 3. The van der Waals surface area contributed by atoms with Crippen molar-refractivity contribution in [1.82, 2.24) is 0 Å². The summed E-state index contributed by atoms with van der Waals surface area (Å²) in [5, 5.41) is 0. The van der Waals surface area contributed by atoms with Gasteiger partial charge in [-0.05, 0) is 77.0 Å². The fourth-order valence-electron chi connectivity index (χ4n) is 9.35. The predicted octanol–water partition coefficient (Wildman–Crippen LogP) is 21.2. The molecule has 0 bridgehead atoms. The number of hydrogen-bond acceptors (Lipinski definition) is 6. The fraction of sp³-hybridized carbons (Fsp3) is 0.862. The number of hydrogen-bond donors (Lipinski definition) is 0. The number of allylic oxidation sites excluding steroid dienone is 6. The third-order valence-electron chi connectivity index (χ3n) is 14.1. The third-order valence-corrected chi connectivity index (χ3v) is 14.1. The molecule has 0 saturated heterocycles. The fourth-order valence-corrected chi connectivity index (χ4v) is 9.35. The van der Waals surface area contributed by atoms with E-state index in [1.165, 1.54) is 212 Å². The van der Waals surface area contributed by atoms with E-state index < -0.39 is 6.10 Å². The van der Waals surface area contributed by atoms with Gasteiger partial charge in [0.1, 0.15) is 13.2 Å². The molecule has 71 heavy (non-hydrogen) atoms. The van der Waals surface area contributed by atoms with E-state index in [2.05, 4.69) is 57.2 Å². The van der Waals surface area contributed by atoms with Crippen molar-refractivity contribution in [2.75, 3.05) is 13.2 Å². The maximum Gasteiger partial charge on any atom is 0.306 e. The molecule has 0 aliphatic carbocycles. The smallest absolute Gasteiger partial charge is 0.306 e. The zero-order chi connectivity index (χ0) is 51.4. The Labute approximate surface area is 442 Å². The molecule has 0 fully saturated rings. The van der Waals surface area contributed by atoms with Gasteiger partial charge in [-0.25, -0.2) is 0 Å². The first-order valence-electron chi connectivity index (χ1n) is 31.5. The van der Waals surface area contributed by atoms with E-state index in [1.54, 1.807) is 0 Å². The first-order valence-corrected chi connectivity index (χ1v) is 31.5. The summed E-state index contributed by atoms with van der Waals surface area (Å²) in [5.74, 6) is -0.878. The molecule has 0 aromatic rings. The number of rotatable bonds is 58. The molecule has 0 aromatic carbocycles. The Morgan fingerprint density at radius 1 is 0.282 bits per heavy atom. The SMILES string of the molecule is CCCCCC/C=C\C/C=C\CCCCCCCC(=O)OC(COC(=O)CCCCCCC/C=C\CCCCCCCC)COC(=O)CCCCCCCCCCCCCCCCCCCCCCCC. The summed E-state index contributed by atoms with van der Waals surface area (Å²) in [7, 11) is 0. The summed E-state index contributed by atoms with van der Waals surface area (Å²) in [6.45, 7) is 6.65. The van der Waals surface area contributed by atoms with Gasteiger partial charge < -0.3 is 14.2 Å². The molecule has 0 aliphatic heterocycles. The lowest BCUT2D eigenvalue weighted by Gasteiger charge is -2.18. The highest BCUT2D eigenvalue weighted by Crippen LogP contribution is 2.17. The second kappa shape index (κ2) is 60.2. The van der Waals surface area contributed by atoms with Crippen molar-refractivity contribution in [3.63, 3.8) is 0 Å². The largest absolute Gasteiger partial charge is 0.462 e. The van der Waals surface area contributed by atoms with Crippen LogP contribution in [0.15, 0.2) is 36.5 Å². The molecule has 0 aromatic heterocycles. The monoisotopic (exact) mass is 997 g/mol. The number of ether oxygens (including phenoxy) is 3. The Balaban J connectivity index is 4.31. The van der Waals surface area contributed by atoms with Crippen LogP contribution in [0, 0.1) is 0 Å². The second-order valence-corrected chi connectivity index (χ2v) is 21.3. The lowest BCUT2D eigenvalue weighted by Crippen LogP contribution is -2.30. The molecule has 0 N–H and O–H groups in total. The molecule has 416 valence electrons. The number of carbonyl (C=O) groups excluding carboxylic acids is 3. The van der Waals surface area contributed by atoms with Crippen LogP contribution in [0.5, 0.6) is 0 Å². The van der Waals surface area contributed by atoms with Crippen LogP contribution in [-0.4, -0.2) is 37.2 Å². The van der Waals surface area contributed by atoms with Crippen molar-refractivity contribution in [2.45, 2.75) is 348 Å². The van der Waals surface area contributed by atoms with Crippen LogP contribution in [-0.2, 0) is 28.6 Å². The van der Waals surface area contributed by atoms with Gasteiger partial charge in [-0.3, -0.25) is 14.4 Å². The average molecular weight is 998 g/mol. The van der Waals surface area contributed by atoms with Crippen molar-refractivity contribution < 1.29 is 28.6 Å². The minimum Gasteiger partial charge on any atom is -0.462 e. The molecule has 0 spiro atoms. The molecule has 0 radical (unpaired) electrons. The van der Waals surface area contributed by atoms with Gasteiger partial charge in [0.25, 0.3) is 0 Å². The van der Waals surface area contributed by atoms with E-state index in [-0.39, 0.29) is 31.1 Å². The Morgan fingerprint density at radius 2 is 0.507 bits per heavy atom. The van der Waals surface area contributed by atoms with Crippen molar-refractivity contribution in [2.24, 2.45) is 0 Å². The van der Waals surface area contributed by atoms with Crippen LogP contribution >= 0.6 is 0 Å². The van der Waals surface area contributed by atoms with E-state index in [4.69, 9.17) is 14.2 Å². The van der Waals surface area contributed by atoms with Gasteiger partial charge in [-0.15, -0.1) is 0 Å². The topological polar surface area (TPSA) is 78.9 Å². The minimum atomic E-state index is -0.781. The van der Waals surface area contributed by atoms with Crippen LogP contribution in [0.3, 0.4) is 0 Å². The molecule has 0 heterocycles. The molecule has 0 aliphatic rings. The summed E-state index contributed by atoms with van der Waals surface area (Å²) in [5.41, 5.74) is 0. The van der Waals surface area contributed by atoms with Crippen molar-refractivity contribution in [3.8, 4) is 0 Å². The summed E-state index contributed by atoms with van der Waals surface area (Å²) >= 11 is 0. The lowest BCUT2D eigenvalue weighted by molar-refractivity contribution is -0.167. The molecule has 1 unspecified atom stereocenters. The van der Waals surface area contributed by atoms with Crippen LogP contribution in [0.2, 0.25) is 0 Å². The van der Waals surface area contributed by atoms with Gasteiger partial charge in [0.2, 0.25) is 0 Å². The zero-order valence-electron chi connectivity index (χ0n) is 47.8. The van der Waals surface area contributed by atoms with Crippen molar-refractivity contribution >= 4 is 17.9 Å². The van der Waals surface area contributed by atoms with E-state index in [9.17, 15) is 14.4 Å². The van der Waals surface area contributed by atoms with Crippen molar-refractivity contribution in [3.05, 3.63) is 36.5 Å². The van der Waals surface area contributed by atoms with Gasteiger partial charge in [0.05, 0.1) is 0 Å². The van der Waals surface area contributed by atoms with E-state index in [1.807, 2.05) is 0 Å². The Morgan fingerprint density at radius 3 is 0.803 bits per heavy atom. The van der Waals surface area contributed by atoms with Crippen LogP contribution in [0.1, 0.15) is 342 Å². The summed E-state index contributed by atoms with van der Waals surface area (Å²) in [6, 6.07) is 0. The van der Waals surface area contributed by atoms with E-state index in [0.717, 1.165) is 89.9 Å².